The van der Waals surface area contributed by atoms with Crippen LogP contribution in [0.5, 0.6) is 0 Å². The minimum absolute atomic E-state index is 0.116. The summed E-state index contributed by atoms with van der Waals surface area (Å²) in [5, 5.41) is 5.59. The van der Waals surface area contributed by atoms with Crippen LogP contribution in [0.3, 0.4) is 0 Å². The van der Waals surface area contributed by atoms with E-state index in [9.17, 15) is 13.2 Å². The predicted octanol–water partition coefficient (Wildman–Crippen LogP) is 1.60. The predicted molar refractivity (Wildman–Crippen MR) is 129 cm³/mol. The molecule has 0 spiro atoms. The van der Waals surface area contributed by atoms with Crippen LogP contribution in [0.4, 0.5) is 16.3 Å². The van der Waals surface area contributed by atoms with Crippen LogP contribution in [-0.2, 0) is 20.3 Å². The number of amides is 2. The lowest BCUT2D eigenvalue weighted by Crippen LogP contribution is -2.44. The Morgan fingerprint density at radius 3 is 2.61 bits per heavy atom. The third-order valence-corrected chi connectivity index (χ3v) is 5.90. The van der Waals surface area contributed by atoms with Crippen LogP contribution in [0.15, 0.2) is 30.3 Å². The van der Waals surface area contributed by atoms with Crippen LogP contribution in [0.2, 0.25) is 0 Å². The lowest BCUT2D eigenvalue weighted by molar-refractivity contribution is 0.0985. The number of ether oxygens (including phenoxy) is 1. The molecule has 1 fully saturated rings. The quantitative estimate of drug-likeness (QED) is 0.590. The summed E-state index contributed by atoms with van der Waals surface area (Å²) in [6.45, 7) is 5.17. The van der Waals surface area contributed by atoms with Crippen molar-refractivity contribution in [3.63, 3.8) is 0 Å². The molecule has 180 valence electrons. The molecule has 2 N–H and O–H groups in total. The fraction of sp³-hybridized carbons (Fsp3) is 0.500. The SMILES string of the molecule is C[C@H]1COCCN1c1cc(CS(C)(=O)=O)nc(-c2ccc(NC(=O)NCCN(C)C)cc2)n1. The number of anilines is 2. The molecule has 0 bridgehead atoms. The molecule has 10 nitrogen and oxygen atoms in total. The Labute approximate surface area is 195 Å². The van der Waals surface area contributed by atoms with Crippen LogP contribution >= 0.6 is 0 Å². The molecule has 0 radical (unpaired) electrons. The van der Waals surface area contributed by atoms with E-state index in [1.807, 2.05) is 38.1 Å². The second-order valence-electron chi connectivity index (χ2n) is 8.49. The molecule has 1 aromatic heterocycles. The van der Waals surface area contributed by atoms with E-state index in [1.165, 1.54) is 6.26 Å². The number of urea groups is 1. The van der Waals surface area contributed by atoms with Gasteiger partial charge in [-0.1, -0.05) is 0 Å². The van der Waals surface area contributed by atoms with Crippen LogP contribution in [-0.4, -0.2) is 88.6 Å². The average Bonchev–Trinajstić information content (AvgIpc) is 2.73. The van der Waals surface area contributed by atoms with Gasteiger partial charge in [-0.15, -0.1) is 0 Å². The van der Waals surface area contributed by atoms with Gasteiger partial charge >= 0.3 is 6.03 Å². The van der Waals surface area contributed by atoms with Gasteiger partial charge in [0.1, 0.15) is 5.82 Å². The number of nitrogens with one attached hydrogen (secondary N) is 2. The van der Waals surface area contributed by atoms with Gasteiger partial charge in [-0.25, -0.2) is 23.2 Å². The molecule has 1 aromatic carbocycles. The fourth-order valence-electron chi connectivity index (χ4n) is 3.44. The lowest BCUT2D eigenvalue weighted by atomic mass is 10.2. The zero-order valence-electron chi connectivity index (χ0n) is 19.5. The molecule has 0 saturated carbocycles. The minimum Gasteiger partial charge on any atom is -0.377 e. The molecule has 11 heteroatoms. The van der Waals surface area contributed by atoms with Crippen molar-refractivity contribution < 1.29 is 17.9 Å². The standard InChI is InChI=1S/C22H32N6O4S/c1-16-14-32-12-11-28(16)20-13-19(15-33(4,30)31)24-21(26-20)17-5-7-18(8-6-17)25-22(29)23-9-10-27(2)3/h5-8,13,16H,9-12,14-15H2,1-4H3,(H2,23,25,29)/t16-/m0/s1. The zero-order valence-corrected chi connectivity index (χ0v) is 20.4. The van der Waals surface area contributed by atoms with Crippen molar-refractivity contribution >= 4 is 27.4 Å². The second kappa shape index (κ2) is 10.9. The molecular formula is C22H32N6O4S. The Bertz CT molecular complexity index is 1060. The van der Waals surface area contributed by atoms with E-state index in [4.69, 9.17) is 9.72 Å². The van der Waals surface area contributed by atoms with Crippen molar-refractivity contribution in [1.29, 1.82) is 0 Å². The fourth-order valence-corrected chi connectivity index (χ4v) is 4.13. The Hall–Kier alpha value is -2.76. The topological polar surface area (TPSA) is 117 Å². The van der Waals surface area contributed by atoms with Gasteiger partial charge in [0.05, 0.1) is 30.7 Å². The number of morpholine rings is 1. The van der Waals surface area contributed by atoms with Crippen molar-refractivity contribution in [2.75, 3.05) is 63.4 Å². The van der Waals surface area contributed by atoms with E-state index < -0.39 is 9.84 Å². The minimum atomic E-state index is -3.26. The number of carbonyl (C=O) groups is 1. The lowest BCUT2D eigenvalue weighted by Gasteiger charge is -2.34. The van der Waals surface area contributed by atoms with Gasteiger partial charge in [-0.05, 0) is 45.3 Å². The number of benzene rings is 1. The maximum Gasteiger partial charge on any atom is 0.319 e. The molecule has 2 aromatic rings. The molecule has 0 unspecified atom stereocenters. The number of carbonyl (C=O) groups excluding carboxylic acids is 1. The first-order chi connectivity index (χ1) is 15.6. The number of hydrogen-bond acceptors (Lipinski definition) is 8. The monoisotopic (exact) mass is 476 g/mol. The van der Waals surface area contributed by atoms with Crippen LogP contribution in [0.1, 0.15) is 12.6 Å². The van der Waals surface area contributed by atoms with Gasteiger partial charge in [0.15, 0.2) is 15.7 Å². The maximum absolute atomic E-state index is 12.0. The largest absolute Gasteiger partial charge is 0.377 e. The summed E-state index contributed by atoms with van der Waals surface area (Å²) < 4.78 is 29.4. The van der Waals surface area contributed by atoms with E-state index in [-0.39, 0.29) is 17.8 Å². The van der Waals surface area contributed by atoms with Crippen LogP contribution in [0.25, 0.3) is 11.4 Å². The van der Waals surface area contributed by atoms with Crippen LogP contribution in [0, 0.1) is 0 Å². The highest BCUT2D eigenvalue weighted by Gasteiger charge is 2.22. The van der Waals surface area contributed by atoms with E-state index in [1.54, 1.807) is 18.2 Å². The first kappa shape index (κ1) is 24.9. The Morgan fingerprint density at radius 1 is 1.24 bits per heavy atom. The third kappa shape index (κ3) is 7.65. The first-order valence-electron chi connectivity index (χ1n) is 10.8. The highest BCUT2D eigenvalue weighted by atomic mass is 32.2. The number of hydrogen-bond donors (Lipinski definition) is 2. The first-order valence-corrected chi connectivity index (χ1v) is 12.9. The van der Waals surface area contributed by atoms with Gasteiger partial charge in [0, 0.05) is 43.2 Å². The Kier molecular flexibility index (Phi) is 8.22. The number of likely N-dealkylation sites (N-methyl/N-ethyl adjacent to an activating group) is 1. The zero-order chi connectivity index (χ0) is 24.0. The van der Waals surface area contributed by atoms with E-state index >= 15 is 0 Å². The van der Waals surface area contributed by atoms with Gasteiger partial charge in [0.2, 0.25) is 0 Å². The van der Waals surface area contributed by atoms with Gasteiger partial charge < -0.3 is 25.2 Å². The average molecular weight is 477 g/mol. The highest BCUT2D eigenvalue weighted by molar-refractivity contribution is 7.89. The van der Waals surface area contributed by atoms with Crippen molar-refractivity contribution in [1.82, 2.24) is 20.2 Å². The Balaban J connectivity index is 1.81. The molecule has 33 heavy (non-hydrogen) atoms. The van der Waals surface area contributed by atoms with E-state index in [0.717, 1.165) is 12.1 Å². The number of nitrogens with zero attached hydrogens (tertiary/aromatic N) is 4. The van der Waals surface area contributed by atoms with Crippen molar-refractivity contribution in [2.45, 2.75) is 18.7 Å². The molecule has 3 rings (SSSR count). The summed E-state index contributed by atoms with van der Waals surface area (Å²) in [4.78, 5) is 25.3. The van der Waals surface area contributed by atoms with Crippen molar-refractivity contribution in [3.8, 4) is 11.4 Å². The summed E-state index contributed by atoms with van der Waals surface area (Å²) in [5.74, 6) is 0.949. The second-order valence-corrected chi connectivity index (χ2v) is 10.6. The summed E-state index contributed by atoms with van der Waals surface area (Å²) in [7, 11) is 0.620. The van der Waals surface area contributed by atoms with Crippen molar-refractivity contribution in [3.05, 3.63) is 36.0 Å². The molecular weight excluding hydrogens is 444 g/mol. The smallest absolute Gasteiger partial charge is 0.319 e. The molecule has 1 aliphatic rings. The molecule has 2 amide bonds. The van der Waals surface area contributed by atoms with E-state index in [2.05, 4.69) is 20.5 Å². The summed E-state index contributed by atoms with van der Waals surface area (Å²) >= 11 is 0. The maximum atomic E-state index is 12.0. The molecule has 2 heterocycles. The van der Waals surface area contributed by atoms with Gasteiger partial charge in [-0.3, -0.25) is 0 Å². The summed E-state index contributed by atoms with van der Waals surface area (Å²) in [6.07, 6.45) is 1.19. The summed E-state index contributed by atoms with van der Waals surface area (Å²) in [6, 6.07) is 8.73. The Morgan fingerprint density at radius 2 is 1.97 bits per heavy atom. The van der Waals surface area contributed by atoms with Gasteiger partial charge in [0.25, 0.3) is 0 Å². The number of aromatic nitrogens is 2. The molecule has 1 atom stereocenters. The van der Waals surface area contributed by atoms with E-state index in [0.29, 0.717) is 49.3 Å². The molecule has 1 saturated heterocycles. The molecule has 1 aliphatic heterocycles. The summed E-state index contributed by atoms with van der Waals surface area (Å²) in [5.41, 5.74) is 1.81. The number of rotatable bonds is 8. The normalized spacial score (nSPS) is 16.6. The van der Waals surface area contributed by atoms with Gasteiger partial charge in [-0.2, -0.15) is 0 Å². The third-order valence-electron chi connectivity index (χ3n) is 5.08. The van der Waals surface area contributed by atoms with Crippen molar-refractivity contribution in [2.24, 2.45) is 0 Å². The highest BCUT2D eigenvalue weighted by Crippen LogP contribution is 2.25. The number of sulfone groups is 1. The van der Waals surface area contributed by atoms with Crippen LogP contribution < -0.4 is 15.5 Å². The molecule has 0 aliphatic carbocycles.